The van der Waals surface area contributed by atoms with Crippen molar-refractivity contribution in [2.75, 3.05) is 39.1 Å². The first-order valence-electron chi connectivity index (χ1n) is 7.17. The van der Waals surface area contributed by atoms with Gasteiger partial charge in [0.2, 0.25) is 0 Å². The van der Waals surface area contributed by atoms with Gasteiger partial charge in [0, 0.05) is 37.9 Å². The van der Waals surface area contributed by atoms with E-state index < -0.39 is 0 Å². The lowest BCUT2D eigenvalue weighted by Crippen LogP contribution is -2.31. The lowest BCUT2D eigenvalue weighted by molar-refractivity contribution is 0.0951. The normalized spacial score (nSPS) is 10.9. The third kappa shape index (κ3) is 5.21. The van der Waals surface area contributed by atoms with Gasteiger partial charge in [-0.25, -0.2) is 0 Å². The summed E-state index contributed by atoms with van der Waals surface area (Å²) in [4.78, 5) is 16.3. The zero-order valence-electron chi connectivity index (χ0n) is 13.3. The number of carbonyl (C=O) groups excluding carboxylic acids is 1. The summed E-state index contributed by atoms with van der Waals surface area (Å²) in [7, 11) is 6.05. The Morgan fingerprint density at radius 3 is 2.55 bits per heavy atom. The molecule has 0 aliphatic heterocycles. The van der Waals surface area contributed by atoms with Gasteiger partial charge in [0.25, 0.3) is 5.91 Å². The first-order valence-corrected chi connectivity index (χ1v) is 7.17. The van der Waals surface area contributed by atoms with Crippen LogP contribution in [-0.2, 0) is 0 Å². The Hall–Kier alpha value is -1.55. The SMILES string of the molecule is CC(C)N(C)CCCNC(=O)c1cccc(N(C)C)c1. The number of benzene rings is 1. The highest BCUT2D eigenvalue weighted by Crippen LogP contribution is 2.13. The van der Waals surface area contributed by atoms with Crippen molar-refractivity contribution in [1.82, 2.24) is 10.2 Å². The van der Waals surface area contributed by atoms with Crippen LogP contribution in [0.3, 0.4) is 0 Å². The highest BCUT2D eigenvalue weighted by molar-refractivity contribution is 5.95. The molecule has 0 aliphatic rings. The first-order chi connectivity index (χ1) is 9.41. The van der Waals surface area contributed by atoms with Crippen LogP contribution in [0.2, 0.25) is 0 Å². The number of rotatable bonds is 7. The fourth-order valence-electron chi connectivity index (χ4n) is 1.82. The van der Waals surface area contributed by atoms with Crippen LogP contribution in [0.1, 0.15) is 30.6 Å². The molecule has 0 saturated heterocycles. The average Bonchev–Trinajstić information content (AvgIpc) is 2.43. The predicted octanol–water partition coefficient (Wildman–Crippen LogP) is 2.21. The summed E-state index contributed by atoms with van der Waals surface area (Å²) in [5, 5.41) is 2.98. The summed E-state index contributed by atoms with van der Waals surface area (Å²) in [5.74, 6) is 0.000833. The zero-order chi connectivity index (χ0) is 15.1. The molecule has 1 N–H and O–H groups in total. The minimum absolute atomic E-state index is 0.000833. The van der Waals surface area contributed by atoms with Crippen LogP contribution in [-0.4, -0.2) is 51.1 Å². The van der Waals surface area contributed by atoms with Crippen molar-refractivity contribution < 1.29 is 4.79 Å². The van der Waals surface area contributed by atoms with Crippen molar-refractivity contribution in [3.63, 3.8) is 0 Å². The maximum absolute atomic E-state index is 12.1. The molecule has 20 heavy (non-hydrogen) atoms. The van der Waals surface area contributed by atoms with E-state index in [1.165, 1.54) is 0 Å². The second-order valence-corrected chi connectivity index (χ2v) is 5.63. The largest absolute Gasteiger partial charge is 0.378 e. The topological polar surface area (TPSA) is 35.6 Å². The molecule has 0 bridgehead atoms. The third-order valence-electron chi connectivity index (χ3n) is 3.48. The molecule has 0 saturated carbocycles. The molecule has 0 heterocycles. The fourth-order valence-corrected chi connectivity index (χ4v) is 1.82. The lowest BCUT2D eigenvalue weighted by atomic mass is 10.2. The molecule has 1 amide bonds. The summed E-state index contributed by atoms with van der Waals surface area (Å²) < 4.78 is 0. The predicted molar refractivity (Wildman–Crippen MR) is 85.5 cm³/mol. The molecule has 0 atom stereocenters. The van der Waals surface area contributed by atoms with Gasteiger partial charge in [-0.3, -0.25) is 4.79 Å². The summed E-state index contributed by atoms with van der Waals surface area (Å²) >= 11 is 0. The van der Waals surface area contributed by atoms with E-state index in [2.05, 4.69) is 31.1 Å². The number of amides is 1. The van der Waals surface area contributed by atoms with Crippen LogP contribution in [0.5, 0.6) is 0 Å². The molecular formula is C16H27N3O. The van der Waals surface area contributed by atoms with E-state index in [4.69, 9.17) is 0 Å². The molecule has 1 rings (SSSR count). The Morgan fingerprint density at radius 2 is 1.95 bits per heavy atom. The molecule has 1 aromatic rings. The van der Waals surface area contributed by atoms with E-state index in [-0.39, 0.29) is 5.91 Å². The van der Waals surface area contributed by atoms with Crippen molar-refractivity contribution in [2.45, 2.75) is 26.3 Å². The van der Waals surface area contributed by atoms with Crippen LogP contribution >= 0.6 is 0 Å². The number of anilines is 1. The van der Waals surface area contributed by atoms with Crippen molar-refractivity contribution in [2.24, 2.45) is 0 Å². The fraction of sp³-hybridized carbons (Fsp3) is 0.562. The molecular weight excluding hydrogens is 250 g/mol. The van der Waals surface area contributed by atoms with Crippen LogP contribution in [0.15, 0.2) is 24.3 Å². The standard InChI is InChI=1S/C16H27N3O/c1-13(2)19(5)11-7-10-17-16(20)14-8-6-9-15(12-14)18(3)4/h6,8-9,12-13H,7,10-11H2,1-5H3,(H,17,20). The van der Waals surface area contributed by atoms with E-state index >= 15 is 0 Å². The number of hydrogen-bond donors (Lipinski definition) is 1. The lowest BCUT2D eigenvalue weighted by Gasteiger charge is -2.20. The van der Waals surface area contributed by atoms with E-state index in [0.717, 1.165) is 18.7 Å². The molecule has 4 heteroatoms. The second-order valence-electron chi connectivity index (χ2n) is 5.63. The maximum atomic E-state index is 12.1. The van der Waals surface area contributed by atoms with Crippen LogP contribution < -0.4 is 10.2 Å². The molecule has 1 aromatic carbocycles. The molecule has 4 nitrogen and oxygen atoms in total. The molecule has 0 radical (unpaired) electrons. The van der Waals surface area contributed by atoms with Gasteiger partial charge in [-0.2, -0.15) is 0 Å². The summed E-state index contributed by atoms with van der Waals surface area (Å²) in [6, 6.07) is 8.21. The summed E-state index contributed by atoms with van der Waals surface area (Å²) in [6.07, 6.45) is 0.966. The smallest absolute Gasteiger partial charge is 0.251 e. The molecule has 0 unspecified atom stereocenters. The van der Waals surface area contributed by atoms with Crippen LogP contribution in [0.4, 0.5) is 5.69 Å². The molecule has 112 valence electrons. The molecule has 0 aromatic heterocycles. The van der Waals surface area contributed by atoms with Gasteiger partial charge in [0.1, 0.15) is 0 Å². The van der Waals surface area contributed by atoms with E-state index in [1.807, 2.05) is 43.3 Å². The van der Waals surface area contributed by atoms with Crippen molar-refractivity contribution in [1.29, 1.82) is 0 Å². The van der Waals surface area contributed by atoms with Crippen molar-refractivity contribution in [3.8, 4) is 0 Å². The Labute approximate surface area is 122 Å². The quantitative estimate of drug-likeness (QED) is 0.776. The van der Waals surface area contributed by atoms with Crippen LogP contribution in [0, 0.1) is 0 Å². The minimum atomic E-state index is 0.000833. The van der Waals surface area contributed by atoms with E-state index in [1.54, 1.807) is 0 Å². The maximum Gasteiger partial charge on any atom is 0.251 e. The van der Waals surface area contributed by atoms with Gasteiger partial charge >= 0.3 is 0 Å². The van der Waals surface area contributed by atoms with Gasteiger partial charge in [-0.05, 0) is 52.1 Å². The van der Waals surface area contributed by atoms with Gasteiger partial charge in [0.15, 0.2) is 0 Å². The van der Waals surface area contributed by atoms with Gasteiger partial charge in [0.05, 0.1) is 0 Å². The average molecular weight is 277 g/mol. The third-order valence-corrected chi connectivity index (χ3v) is 3.48. The van der Waals surface area contributed by atoms with Gasteiger partial charge < -0.3 is 15.1 Å². The Bertz CT molecular complexity index is 429. The van der Waals surface area contributed by atoms with Crippen molar-refractivity contribution >= 4 is 11.6 Å². The van der Waals surface area contributed by atoms with Gasteiger partial charge in [-0.15, -0.1) is 0 Å². The van der Waals surface area contributed by atoms with E-state index in [0.29, 0.717) is 18.2 Å². The summed E-state index contributed by atoms with van der Waals surface area (Å²) in [6.45, 7) is 6.05. The molecule has 0 aliphatic carbocycles. The second kappa shape index (κ2) is 7.90. The Kier molecular flexibility index (Phi) is 6.52. The minimum Gasteiger partial charge on any atom is -0.378 e. The number of carbonyl (C=O) groups is 1. The monoisotopic (exact) mass is 277 g/mol. The molecule has 0 spiro atoms. The van der Waals surface area contributed by atoms with E-state index in [9.17, 15) is 4.79 Å². The molecule has 0 fully saturated rings. The Balaban J connectivity index is 2.41. The zero-order valence-corrected chi connectivity index (χ0v) is 13.3. The highest BCUT2D eigenvalue weighted by Gasteiger charge is 2.07. The first kappa shape index (κ1) is 16.5. The summed E-state index contributed by atoms with van der Waals surface area (Å²) in [5.41, 5.74) is 1.76. The Morgan fingerprint density at radius 1 is 1.25 bits per heavy atom. The number of nitrogens with one attached hydrogen (secondary N) is 1. The number of hydrogen-bond acceptors (Lipinski definition) is 3. The van der Waals surface area contributed by atoms with Crippen LogP contribution in [0.25, 0.3) is 0 Å². The van der Waals surface area contributed by atoms with Crippen molar-refractivity contribution in [3.05, 3.63) is 29.8 Å². The highest BCUT2D eigenvalue weighted by atomic mass is 16.1. The van der Waals surface area contributed by atoms with Gasteiger partial charge in [-0.1, -0.05) is 6.07 Å². The number of nitrogens with zero attached hydrogens (tertiary/aromatic N) is 2.